The first-order chi connectivity index (χ1) is 8.53. The number of rotatable bonds is 4. The number of anilines is 2. The fraction of sp³-hybridized carbons (Fsp3) is 0.455. The predicted molar refractivity (Wildman–Crippen MR) is 69.9 cm³/mol. The summed E-state index contributed by atoms with van der Waals surface area (Å²) in [5.41, 5.74) is 6.80. The zero-order valence-electron chi connectivity index (χ0n) is 10.1. The summed E-state index contributed by atoms with van der Waals surface area (Å²) in [7, 11) is -2.14. The standard InChI is InChI=1S/C11H17N3O3S/c1-13-18(15,16)11-3-2-8(6-10(11)12)14-9-4-5-17-7-9/h2-3,6,9,13-14H,4-5,7,12H2,1H3. The first-order valence-electron chi connectivity index (χ1n) is 5.70. The zero-order chi connectivity index (χ0) is 13.2. The van der Waals surface area contributed by atoms with Crippen LogP contribution in [0.15, 0.2) is 23.1 Å². The van der Waals surface area contributed by atoms with Gasteiger partial charge in [0.1, 0.15) is 4.90 Å². The molecular formula is C11H17N3O3S. The van der Waals surface area contributed by atoms with Gasteiger partial charge in [-0.1, -0.05) is 0 Å². The van der Waals surface area contributed by atoms with Gasteiger partial charge in [-0.05, 0) is 31.7 Å². The van der Waals surface area contributed by atoms with Gasteiger partial charge in [-0.3, -0.25) is 0 Å². The van der Waals surface area contributed by atoms with E-state index in [0.717, 1.165) is 18.7 Å². The smallest absolute Gasteiger partial charge is 0.242 e. The molecule has 1 fully saturated rings. The molecule has 1 saturated heterocycles. The molecule has 0 saturated carbocycles. The van der Waals surface area contributed by atoms with Gasteiger partial charge in [-0.15, -0.1) is 0 Å². The van der Waals surface area contributed by atoms with Crippen molar-refractivity contribution < 1.29 is 13.2 Å². The minimum absolute atomic E-state index is 0.0956. The van der Waals surface area contributed by atoms with Gasteiger partial charge in [-0.2, -0.15) is 0 Å². The summed E-state index contributed by atoms with van der Waals surface area (Å²) in [6.45, 7) is 1.41. The molecule has 7 heteroatoms. The molecule has 1 atom stereocenters. The van der Waals surface area contributed by atoms with E-state index in [1.165, 1.54) is 13.1 Å². The molecular weight excluding hydrogens is 254 g/mol. The third-order valence-corrected chi connectivity index (χ3v) is 4.36. The van der Waals surface area contributed by atoms with E-state index >= 15 is 0 Å². The Labute approximate surface area is 107 Å². The van der Waals surface area contributed by atoms with Crippen LogP contribution in [0, 0.1) is 0 Å². The molecule has 18 heavy (non-hydrogen) atoms. The summed E-state index contributed by atoms with van der Waals surface area (Å²) in [6.07, 6.45) is 0.941. The van der Waals surface area contributed by atoms with Crippen molar-refractivity contribution in [3.63, 3.8) is 0 Å². The third-order valence-electron chi connectivity index (χ3n) is 2.87. The molecule has 4 N–H and O–H groups in total. The van der Waals surface area contributed by atoms with Gasteiger partial charge in [-0.25, -0.2) is 13.1 Å². The van der Waals surface area contributed by atoms with E-state index in [2.05, 4.69) is 10.0 Å². The van der Waals surface area contributed by atoms with Crippen LogP contribution in [0.4, 0.5) is 11.4 Å². The highest BCUT2D eigenvalue weighted by molar-refractivity contribution is 7.89. The van der Waals surface area contributed by atoms with Gasteiger partial charge >= 0.3 is 0 Å². The molecule has 1 unspecified atom stereocenters. The van der Waals surface area contributed by atoms with E-state index in [-0.39, 0.29) is 16.6 Å². The minimum atomic E-state index is -3.50. The summed E-state index contributed by atoms with van der Waals surface area (Å²) in [5.74, 6) is 0. The summed E-state index contributed by atoms with van der Waals surface area (Å²) < 4.78 is 30.8. The van der Waals surface area contributed by atoms with Crippen LogP contribution in [-0.2, 0) is 14.8 Å². The molecule has 0 aromatic heterocycles. The summed E-state index contributed by atoms with van der Waals surface area (Å²) in [6, 6.07) is 5.09. The molecule has 1 aliphatic rings. The van der Waals surface area contributed by atoms with Crippen LogP contribution in [0.3, 0.4) is 0 Å². The number of ether oxygens (including phenoxy) is 1. The van der Waals surface area contributed by atoms with Crippen molar-refractivity contribution in [1.82, 2.24) is 4.72 Å². The molecule has 6 nitrogen and oxygen atoms in total. The maximum atomic E-state index is 11.6. The first-order valence-corrected chi connectivity index (χ1v) is 7.18. The SMILES string of the molecule is CNS(=O)(=O)c1ccc(NC2CCOC2)cc1N. The monoisotopic (exact) mass is 271 g/mol. The van der Waals surface area contributed by atoms with E-state index in [9.17, 15) is 8.42 Å². The molecule has 0 amide bonds. The largest absolute Gasteiger partial charge is 0.398 e. The second-order valence-electron chi connectivity index (χ2n) is 4.17. The Morgan fingerprint density at radius 3 is 2.78 bits per heavy atom. The van der Waals surface area contributed by atoms with Crippen LogP contribution in [-0.4, -0.2) is 34.7 Å². The number of nitrogen functional groups attached to an aromatic ring is 1. The molecule has 1 aliphatic heterocycles. The second kappa shape index (κ2) is 5.13. The van der Waals surface area contributed by atoms with Gasteiger partial charge in [0.25, 0.3) is 0 Å². The van der Waals surface area contributed by atoms with Gasteiger partial charge in [0, 0.05) is 12.3 Å². The molecule has 0 spiro atoms. The predicted octanol–water partition coefficient (Wildman–Crippen LogP) is 0.378. The summed E-state index contributed by atoms with van der Waals surface area (Å²) in [5, 5.41) is 3.26. The third kappa shape index (κ3) is 2.74. The van der Waals surface area contributed by atoms with E-state index in [1.807, 2.05) is 0 Å². The van der Waals surface area contributed by atoms with Crippen molar-refractivity contribution in [3.8, 4) is 0 Å². The number of nitrogens with two attached hydrogens (primary N) is 1. The molecule has 0 bridgehead atoms. The van der Waals surface area contributed by atoms with Crippen molar-refractivity contribution in [2.45, 2.75) is 17.4 Å². The van der Waals surface area contributed by atoms with E-state index in [4.69, 9.17) is 10.5 Å². The van der Waals surface area contributed by atoms with E-state index < -0.39 is 10.0 Å². The maximum absolute atomic E-state index is 11.6. The van der Waals surface area contributed by atoms with Crippen molar-refractivity contribution in [3.05, 3.63) is 18.2 Å². The Morgan fingerprint density at radius 1 is 1.44 bits per heavy atom. The Morgan fingerprint density at radius 2 is 2.22 bits per heavy atom. The minimum Gasteiger partial charge on any atom is -0.398 e. The van der Waals surface area contributed by atoms with E-state index in [1.54, 1.807) is 12.1 Å². The number of nitrogens with one attached hydrogen (secondary N) is 2. The lowest BCUT2D eigenvalue weighted by atomic mass is 10.2. The van der Waals surface area contributed by atoms with Crippen molar-refractivity contribution in [2.24, 2.45) is 0 Å². The first kappa shape index (κ1) is 13.1. The van der Waals surface area contributed by atoms with Gasteiger partial charge in [0.05, 0.1) is 18.3 Å². The van der Waals surface area contributed by atoms with Crippen LogP contribution in [0.25, 0.3) is 0 Å². The Kier molecular flexibility index (Phi) is 3.74. The molecule has 2 rings (SSSR count). The van der Waals surface area contributed by atoms with Crippen LogP contribution < -0.4 is 15.8 Å². The number of hydrogen-bond acceptors (Lipinski definition) is 5. The van der Waals surface area contributed by atoms with Gasteiger partial charge in [0.15, 0.2) is 0 Å². The number of benzene rings is 1. The van der Waals surface area contributed by atoms with E-state index in [0.29, 0.717) is 6.61 Å². The lowest BCUT2D eigenvalue weighted by molar-refractivity contribution is 0.195. The zero-order valence-corrected chi connectivity index (χ0v) is 11.0. The normalized spacial score (nSPS) is 19.9. The Bertz CT molecular complexity index is 524. The Balaban J connectivity index is 2.19. The topological polar surface area (TPSA) is 93.5 Å². The molecule has 1 aromatic rings. The fourth-order valence-corrected chi connectivity index (χ4v) is 2.71. The molecule has 1 aromatic carbocycles. The highest BCUT2D eigenvalue weighted by Gasteiger charge is 2.18. The number of hydrogen-bond donors (Lipinski definition) is 3. The van der Waals surface area contributed by atoms with Crippen molar-refractivity contribution in [2.75, 3.05) is 31.3 Å². The molecule has 1 heterocycles. The highest BCUT2D eigenvalue weighted by atomic mass is 32.2. The summed E-state index contributed by atoms with van der Waals surface area (Å²) >= 11 is 0. The summed E-state index contributed by atoms with van der Waals surface area (Å²) in [4.78, 5) is 0.0956. The highest BCUT2D eigenvalue weighted by Crippen LogP contribution is 2.23. The quantitative estimate of drug-likeness (QED) is 0.688. The Hall–Kier alpha value is -1.31. The maximum Gasteiger partial charge on any atom is 0.242 e. The van der Waals surface area contributed by atoms with Gasteiger partial charge in [0.2, 0.25) is 10.0 Å². The molecule has 0 aliphatic carbocycles. The average Bonchev–Trinajstić information content (AvgIpc) is 2.81. The average molecular weight is 271 g/mol. The van der Waals surface area contributed by atoms with Crippen LogP contribution in [0.2, 0.25) is 0 Å². The number of sulfonamides is 1. The fourth-order valence-electron chi connectivity index (χ4n) is 1.88. The molecule has 100 valence electrons. The second-order valence-corrected chi connectivity index (χ2v) is 6.02. The van der Waals surface area contributed by atoms with Crippen LogP contribution in [0.5, 0.6) is 0 Å². The van der Waals surface area contributed by atoms with Crippen molar-refractivity contribution in [1.29, 1.82) is 0 Å². The molecule has 0 radical (unpaired) electrons. The van der Waals surface area contributed by atoms with Crippen LogP contribution >= 0.6 is 0 Å². The lowest BCUT2D eigenvalue weighted by Crippen LogP contribution is -2.21. The van der Waals surface area contributed by atoms with Crippen molar-refractivity contribution >= 4 is 21.4 Å². The lowest BCUT2D eigenvalue weighted by Gasteiger charge is -2.14. The van der Waals surface area contributed by atoms with Gasteiger partial charge < -0.3 is 15.8 Å². The van der Waals surface area contributed by atoms with Crippen LogP contribution in [0.1, 0.15) is 6.42 Å².